The number of halogens is 1. The third-order valence-corrected chi connectivity index (χ3v) is 4.32. The smallest absolute Gasteiger partial charge is 0.257 e. The molecule has 3 rings (SSSR count). The Kier molecular flexibility index (Phi) is 6.22. The summed E-state index contributed by atoms with van der Waals surface area (Å²) in [6.45, 7) is 3.18. The van der Waals surface area contributed by atoms with Crippen molar-refractivity contribution >= 4 is 29.9 Å². The van der Waals surface area contributed by atoms with Crippen molar-refractivity contribution in [2.75, 3.05) is 18.0 Å². The van der Waals surface area contributed by atoms with Gasteiger partial charge < -0.3 is 20.0 Å². The molecule has 0 saturated carbocycles. The zero-order chi connectivity index (χ0) is 17.1. The van der Waals surface area contributed by atoms with Crippen molar-refractivity contribution in [1.82, 2.24) is 4.90 Å². The number of hydrogen-bond donors (Lipinski definition) is 1. The van der Waals surface area contributed by atoms with Crippen molar-refractivity contribution in [3.8, 4) is 0 Å². The van der Waals surface area contributed by atoms with Crippen molar-refractivity contribution in [2.24, 2.45) is 5.73 Å². The number of likely N-dealkylation sites (N-methyl/N-ethyl adjacent to an activating group) is 1. The molecular formula is C18H22ClN3O3. The van der Waals surface area contributed by atoms with Crippen LogP contribution in [0, 0.1) is 0 Å². The van der Waals surface area contributed by atoms with E-state index < -0.39 is 6.04 Å². The van der Waals surface area contributed by atoms with Crippen molar-refractivity contribution in [3.05, 3.63) is 54.0 Å². The van der Waals surface area contributed by atoms with E-state index in [0.717, 1.165) is 5.69 Å². The summed E-state index contributed by atoms with van der Waals surface area (Å²) in [4.78, 5) is 28.9. The summed E-state index contributed by atoms with van der Waals surface area (Å²) in [6.07, 6.45) is 2.02. The van der Waals surface area contributed by atoms with E-state index in [0.29, 0.717) is 30.8 Å². The van der Waals surface area contributed by atoms with Crippen molar-refractivity contribution in [3.63, 3.8) is 0 Å². The highest BCUT2D eigenvalue weighted by molar-refractivity contribution is 6.03. The van der Waals surface area contributed by atoms with Crippen LogP contribution < -0.4 is 10.6 Å². The van der Waals surface area contributed by atoms with Gasteiger partial charge in [0.15, 0.2) is 0 Å². The van der Waals surface area contributed by atoms with Gasteiger partial charge in [-0.15, -0.1) is 12.4 Å². The molecule has 1 saturated heterocycles. The Morgan fingerprint density at radius 3 is 2.68 bits per heavy atom. The molecule has 2 heterocycles. The van der Waals surface area contributed by atoms with Gasteiger partial charge in [-0.1, -0.05) is 18.2 Å². The molecule has 1 fully saturated rings. The number of furan rings is 1. The first-order valence-electron chi connectivity index (χ1n) is 8.10. The molecule has 1 aromatic carbocycles. The Balaban J connectivity index is 0.00000225. The quantitative estimate of drug-likeness (QED) is 0.884. The van der Waals surface area contributed by atoms with Crippen molar-refractivity contribution in [1.29, 1.82) is 0 Å². The average molecular weight is 364 g/mol. The average Bonchev–Trinajstić information content (AvgIpc) is 3.24. The lowest BCUT2D eigenvalue weighted by molar-refractivity contribution is -0.120. The van der Waals surface area contributed by atoms with Crippen LogP contribution in [0.3, 0.4) is 0 Å². The third kappa shape index (κ3) is 3.70. The molecule has 1 atom stereocenters. The van der Waals surface area contributed by atoms with Crippen LogP contribution >= 0.6 is 12.4 Å². The molecule has 0 spiro atoms. The Bertz CT molecular complexity index is 732. The van der Waals surface area contributed by atoms with Crippen LogP contribution in [0.2, 0.25) is 0 Å². The van der Waals surface area contributed by atoms with Crippen LogP contribution in [0.25, 0.3) is 0 Å². The predicted molar refractivity (Wildman–Crippen MR) is 97.8 cm³/mol. The number of rotatable bonds is 5. The number of amides is 2. The summed E-state index contributed by atoms with van der Waals surface area (Å²) in [7, 11) is 0. The van der Waals surface area contributed by atoms with Crippen LogP contribution in [0.1, 0.15) is 29.5 Å². The second-order valence-corrected chi connectivity index (χ2v) is 5.73. The number of para-hydroxylation sites is 1. The molecule has 134 valence electrons. The van der Waals surface area contributed by atoms with Gasteiger partial charge in [-0.3, -0.25) is 9.59 Å². The van der Waals surface area contributed by atoms with E-state index in [9.17, 15) is 9.59 Å². The number of anilines is 1. The molecule has 2 aromatic rings. The fraction of sp³-hybridized carbons (Fsp3) is 0.333. The molecule has 7 heteroatoms. The molecule has 0 radical (unpaired) electrons. The molecule has 2 amide bonds. The monoisotopic (exact) mass is 363 g/mol. The summed E-state index contributed by atoms with van der Waals surface area (Å²) in [5.41, 5.74) is 6.82. The van der Waals surface area contributed by atoms with Gasteiger partial charge in [0.05, 0.1) is 12.1 Å². The second kappa shape index (κ2) is 8.18. The first-order valence-corrected chi connectivity index (χ1v) is 8.10. The topological polar surface area (TPSA) is 79.8 Å². The third-order valence-electron chi connectivity index (χ3n) is 4.32. The zero-order valence-electron chi connectivity index (χ0n) is 14.1. The maximum Gasteiger partial charge on any atom is 0.257 e. The van der Waals surface area contributed by atoms with Gasteiger partial charge in [0, 0.05) is 18.8 Å². The summed E-state index contributed by atoms with van der Waals surface area (Å²) < 4.78 is 5.24. The van der Waals surface area contributed by atoms with Gasteiger partial charge in [0.25, 0.3) is 5.91 Å². The van der Waals surface area contributed by atoms with Gasteiger partial charge >= 0.3 is 0 Å². The normalized spacial score (nSPS) is 16.6. The number of benzene rings is 1. The largest absolute Gasteiger partial charge is 0.467 e. The minimum Gasteiger partial charge on any atom is -0.467 e. The van der Waals surface area contributed by atoms with Gasteiger partial charge in [0.2, 0.25) is 5.91 Å². The fourth-order valence-corrected chi connectivity index (χ4v) is 3.09. The molecule has 1 aromatic heterocycles. The highest BCUT2D eigenvalue weighted by Crippen LogP contribution is 2.25. The van der Waals surface area contributed by atoms with Crippen LogP contribution in [0.15, 0.2) is 47.1 Å². The van der Waals surface area contributed by atoms with Crippen LogP contribution in [0.4, 0.5) is 5.69 Å². The Morgan fingerprint density at radius 2 is 2.08 bits per heavy atom. The summed E-state index contributed by atoms with van der Waals surface area (Å²) in [5, 5.41) is 0. The van der Waals surface area contributed by atoms with Gasteiger partial charge in [0.1, 0.15) is 18.1 Å². The second-order valence-electron chi connectivity index (χ2n) is 5.73. The number of nitrogens with zero attached hydrogens (tertiary/aromatic N) is 2. The lowest BCUT2D eigenvalue weighted by Gasteiger charge is -2.26. The van der Waals surface area contributed by atoms with E-state index in [1.54, 1.807) is 15.9 Å². The molecule has 2 N–H and O–H groups in total. The fourth-order valence-electron chi connectivity index (χ4n) is 3.09. The maximum atomic E-state index is 12.8. The molecule has 0 aliphatic carbocycles. The van der Waals surface area contributed by atoms with E-state index in [1.165, 1.54) is 6.26 Å². The van der Waals surface area contributed by atoms with Crippen molar-refractivity contribution in [2.45, 2.75) is 25.9 Å². The van der Waals surface area contributed by atoms with Crippen molar-refractivity contribution < 1.29 is 14.0 Å². The van der Waals surface area contributed by atoms with Crippen LogP contribution in [-0.4, -0.2) is 35.8 Å². The number of carbonyl (C=O) groups is 2. The number of carbonyl (C=O) groups excluding carboxylic acids is 2. The van der Waals surface area contributed by atoms with Gasteiger partial charge in [-0.25, -0.2) is 0 Å². The number of hydrogen-bond acceptors (Lipinski definition) is 4. The Labute approximate surface area is 153 Å². The summed E-state index contributed by atoms with van der Waals surface area (Å²) >= 11 is 0. The van der Waals surface area contributed by atoms with Crippen LogP contribution in [0.5, 0.6) is 0 Å². The molecule has 1 aliphatic rings. The predicted octanol–water partition coefficient (Wildman–Crippen LogP) is 2.43. The van der Waals surface area contributed by atoms with E-state index in [2.05, 4.69) is 0 Å². The minimum absolute atomic E-state index is 0. The number of nitrogens with two attached hydrogens (primary N) is 1. The highest BCUT2D eigenvalue weighted by atomic mass is 35.5. The lowest BCUT2D eigenvalue weighted by atomic mass is 10.1. The molecule has 25 heavy (non-hydrogen) atoms. The van der Waals surface area contributed by atoms with Crippen LogP contribution in [-0.2, 0) is 11.3 Å². The maximum absolute atomic E-state index is 12.8. The Hall–Kier alpha value is -2.31. The van der Waals surface area contributed by atoms with E-state index >= 15 is 0 Å². The Morgan fingerprint density at radius 1 is 1.36 bits per heavy atom. The zero-order valence-corrected chi connectivity index (χ0v) is 14.9. The first-order chi connectivity index (χ1) is 11.7. The standard InChI is InChI=1S/C18H21N3O3.ClH/c1-2-20(17(22)13-10-15(11-19)24-12-13)16-8-9-21(18(16)23)14-6-4-3-5-7-14;/h3-7,10,12,16H,2,8-9,11,19H2,1H3;1H. The lowest BCUT2D eigenvalue weighted by Crippen LogP contribution is -2.45. The summed E-state index contributed by atoms with van der Waals surface area (Å²) in [6, 6.07) is 10.7. The highest BCUT2D eigenvalue weighted by Gasteiger charge is 2.38. The minimum atomic E-state index is -0.445. The SMILES string of the molecule is CCN(C(=O)c1coc(CN)c1)C1CCN(c2ccccc2)C1=O.Cl. The molecule has 6 nitrogen and oxygen atoms in total. The molecule has 0 bridgehead atoms. The molecule has 1 aliphatic heterocycles. The van der Waals surface area contributed by atoms with E-state index in [4.69, 9.17) is 10.2 Å². The summed E-state index contributed by atoms with van der Waals surface area (Å²) in [5.74, 6) is 0.311. The molecular weight excluding hydrogens is 342 g/mol. The van der Waals surface area contributed by atoms with Gasteiger partial charge in [-0.05, 0) is 31.5 Å². The van der Waals surface area contributed by atoms with E-state index in [1.807, 2.05) is 37.3 Å². The first kappa shape index (κ1) is 19.0. The van der Waals surface area contributed by atoms with Gasteiger partial charge in [-0.2, -0.15) is 0 Å². The van der Waals surface area contributed by atoms with E-state index in [-0.39, 0.29) is 30.8 Å². The molecule has 1 unspecified atom stereocenters.